The van der Waals surface area contributed by atoms with Gasteiger partial charge in [0.1, 0.15) is 5.82 Å². The quantitative estimate of drug-likeness (QED) is 0.856. The van der Waals surface area contributed by atoms with Gasteiger partial charge in [-0.25, -0.2) is 9.97 Å². The average Bonchev–Trinajstić information content (AvgIpc) is 2.40. The van der Waals surface area contributed by atoms with Crippen LogP contribution in [0.25, 0.3) is 0 Å². The van der Waals surface area contributed by atoms with Crippen LogP contribution in [-0.2, 0) is 6.42 Å². The lowest BCUT2D eigenvalue weighted by Gasteiger charge is -2.29. The van der Waals surface area contributed by atoms with E-state index in [1.54, 1.807) is 0 Å². The Morgan fingerprint density at radius 1 is 1.39 bits per heavy atom. The molecule has 0 bridgehead atoms. The van der Waals surface area contributed by atoms with Crippen molar-refractivity contribution in [2.75, 3.05) is 32.7 Å². The molecule has 2 rings (SSSR count). The zero-order valence-corrected chi connectivity index (χ0v) is 11.5. The van der Waals surface area contributed by atoms with Crippen molar-refractivity contribution in [2.45, 2.75) is 32.6 Å². The summed E-state index contributed by atoms with van der Waals surface area (Å²) in [6, 6.07) is 2.03. The molecule has 1 N–H and O–H groups in total. The van der Waals surface area contributed by atoms with E-state index >= 15 is 0 Å². The van der Waals surface area contributed by atoms with Crippen molar-refractivity contribution in [1.29, 1.82) is 0 Å². The molecule has 1 aliphatic rings. The topological polar surface area (TPSA) is 41.1 Å². The second-order valence-electron chi connectivity index (χ2n) is 5.11. The van der Waals surface area contributed by atoms with Crippen LogP contribution in [0.1, 0.15) is 37.7 Å². The summed E-state index contributed by atoms with van der Waals surface area (Å²) in [6.45, 7) is 9.96. The highest BCUT2D eigenvalue weighted by molar-refractivity contribution is 5.05. The van der Waals surface area contributed by atoms with E-state index in [1.807, 2.05) is 12.3 Å². The van der Waals surface area contributed by atoms with Gasteiger partial charge in [-0.15, -0.1) is 0 Å². The molecule has 1 fully saturated rings. The standard InChI is InChI=1S/C14H24N4/c1-3-4-13-5-6-16-14(17-13)12(2)11-18-9-7-15-8-10-18/h5-6,12,15H,3-4,7-11H2,1-2H3. The Bertz CT molecular complexity index is 361. The van der Waals surface area contributed by atoms with Crippen LogP contribution in [0.2, 0.25) is 0 Å². The van der Waals surface area contributed by atoms with E-state index in [0.29, 0.717) is 5.92 Å². The van der Waals surface area contributed by atoms with Gasteiger partial charge in [-0.3, -0.25) is 0 Å². The summed E-state index contributed by atoms with van der Waals surface area (Å²) in [5.41, 5.74) is 1.18. The van der Waals surface area contributed by atoms with E-state index in [4.69, 9.17) is 0 Å². The van der Waals surface area contributed by atoms with Gasteiger partial charge in [0, 0.05) is 50.5 Å². The molecule has 1 atom stereocenters. The van der Waals surface area contributed by atoms with Crippen LogP contribution in [0.4, 0.5) is 0 Å². The van der Waals surface area contributed by atoms with Gasteiger partial charge in [0.05, 0.1) is 0 Å². The fourth-order valence-electron chi connectivity index (χ4n) is 2.41. The van der Waals surface area contributed by atoms with Crippen LogP contribution in [0.15, 0.2) is 12.3 Å². The number of hydrogen-bond donors (Lipinski definition) is 1. The van der Waals surface area contributed by atoms with E-state index in [-0.39, 0.29) is 0 Å². The van der Waals surface area contributed by atoms with Crippen LogP contribution in [0, 0.1) is 0 Å². The van der Waals surface area contributed by atoms with Crippen molar-refractivity contribution in [3.8, 4) is 0 Å². The van der Waals surface area contributed by atoms with E-state index in [9.17, 15) is 0 Å². The Kier molecular flexibility index (Phi) is 5.08. The van der Waals surface area contributed by atoms with E-state index in [2.05, 4.69) is 34.0 Å². The van der Waals surface area contributed by atoms with Gasteiger partial charge >= 0.3 is 0 Å². The molecule has 2 heterocycles. The third-order valence-electron chi connectivity index (χ3n) is 3.42. The fourth-order valence-corrected chi connectivity index (χ4v) is 2.41. The first-order valence-electron chi connectivity index (χ1n) is 7.04. The van der Waals surface area contributed by atoms with Crippen LogP contribution >= 0.6 is 0 Å². The normalized spacial score (nSPS) is 18.8. The minimum atomic E-state index is 0.417. The summed E-state index contributed by atoms with van der Waals surface area (Å²) >= 11 is 0. The Morgan fingerprint density at radius 2 is 2.17 bits per heavy atom. The molecule has 4 heteroatoms. The highest BCUT2D eigenvalue weighted by Gasteiger charge is 2.16. The maximum absolute atomic E-state index is 4.67. The lowest BCUT2D eigenvalue weighted by molar-refractivity contribution is 0.228. The maximum Gasteiger partial charge on any atom is 0.132 e. The third-order valence-corrected chi connectivity index (χ3v) is 3.42. The Labute approximate surface area is 110 Å². The number of aromatic nitrogens is 2. The molecule has 1 aliphatic heterocycles. The molecule has 1 saturated heterocycles. The minimum Gasteiger partial charge on any atom is -0.314 e. The third kappa shape index (κ3) is 3.75. The van der Waals surface area contributed by atoms with Crippen molar-refractivity contribution in [1.82, 2.24) is 20.2 Å². The number of nitrogens with zero attached hydrogens (tertiary/aromatic N) is 3. The molecule has 0 spiro atoms. The molecule has 0 radical (unpaired) electrons. The van der Waals surface area contributed by atoms with Gasteiger partial charge < -0.3 is 10.2 Å². The molecule has 0 amide bonds. The zero-order valence-electron chi connectivity index (χ0n) is 11.5. The van der Waals surface area contributed by atoms with Crippen molar-refractivity contribution in [2.24, 2.45) is 0 Å². The van der Waals surface area contributed by atoms with Gasteiger partial charge in [0.25, 0.3) is 0 Å². The fraction of sp³-hybridized carbons (Fsp3) is 0.714. The molecular weight excluding hydrogens is 224 g/mol. The Balaban J connectivity index is 1.94. The second kappa shape index (κ2) is 6.81. The molecule has 1 unspecified atom stereocenters. The van der Waals surface area contributed by atoms with Gasteiger partial charge in [-0.05, 0) is 12.5 Å². The van der Waals surface area contributed by atoms with Crippen molar-refractivity contribution >= 4 is 0 Å². The predicted octanol–water partition coefficient (Wildman–Crippen LogP) is 1.44. The first kappa shape index (κ1) is 13.4. The van der Waals surface area contributed by atoms with Crippen LogP contribution in [0.5, 0.6) is 0 Å². The number of nitrogens with one attached hydrogen (secondary N) is 1. The van der Waals surface area contributed by atoms with Crippen molar-refractivity contribution in [3.63, 3.8) is 0 Å². The van der Waals surface area contributed by atoms with Crippen LogP contribution in [0.3, 0.4) is 0 Å². The molecule has 1 aromatic heterocycles. The molecule has 18 heavy (non-hydrogen) atoms. The lowest BCUT2D eigenvalue weighted by atomic mass is 10.1. The van der Waals surface area contributed by atoms with Gasteiger partial charge in [0.2, 0.25) is 0 Å². The maximum atomic E-state index is 4.67. The molecular formula is C14H24N4. The van der Waals surface area contributed by atoms with E-state index in [1.165, 1.54) is 5.69 Å². The number of piperazine rings is 1. The summed E-state index contributed by atoms with van der Waals surface area (Å²) < 4.78 is 0. The molecule has 0 saturated carbocycles. The average molecular weight is 248 g/mol. The molecule has 100 valence electrons. The first-order valence-corrected chi connectivity index (χ1v) is 7.04. The molecule has 0 aromatic carbocycles. The highest BCUT2D eigenvalue weighted by Crippen LogP contribution is 2.13. The van der Waals surface area contributed by atoms with Gasteiger partial charge in [-0.1, -0.05) is 20.3 Å². The Morgan fingerprint density at radius 3 is 2.89 bits per heavy atom. The number of rotatable bonds is 5. The first-order chi connectivity index (χ1) is 8.79. The van der Waals surface area contributed by atoms with Crippen LogP contribution in [-0.4, -0.2) is 47.6 Å². The van der Waals surface area contributed by atoms with Crippen molar-refractivity contribution < 1.29 is 0 Å². The SMILES string of the molecule is CCCc1ccnc(C(C)CN2CCNCC2)n1. The summed E-state index contributed by atoms with van der Waals surface area (Å²) in [5, 5.41) is 3.38. The number of hydrogen-bond acceptors (Lipinski definition) is 4. The highest BCUT2D eigenvalue weighted by atomic mass is 15.2. The van der Waals surface area contributed by atoms with E-state index in [0.717, 1.165) is 51.4 Å². The zero-order chi connectivity index (χ0) is 12.8. The Hall–Kier alpha value is -1.00. The summed E-state index contributed by atoms with van der Waals surface area (Å²) in [6.07, 6.45) is 4.10. The second-order valence-corrected chi connectivity index (χ2v) is 5.11. The smallest absolute Gasteiger partial charge is 0.132 e. The van der Waals surface area contributed by atoms with E-state index < -0.39 is 0 Å². The van der Waals surface area contributed by atoms with Gasteiger partial charge in [0.15, 0.2) is 0 Å². The minimum absolute atomic E-state index is 0.417. The summed E-state index contributed by atoms with van der Waals surface area (Å²) in [7, 11) is 0. The summed E-state index contributed by atoms with van der Waals surface area (Å²) in [4.78, 5) is 11.6. The lowest BCUT2D eigenvalue weighted by Crippen LogP contribution is -2.44. The van der Waals surface area contributed by atoms with Gasteiger partial charge in [-0.2, -0.15) is 0 Å². The molecule has 4 nitrogen and oxygen atoms in total. The van der Waals surface area contributed by atoms with Crippen molar-refractivity contribution in [3.05, 3.63) is 23.8 Å². The summed E-state index contributed by atoms with van der Waals surface area (Å²) in [5.74, 6) is 1.42. The number of aryl methyl sites for hydroxylation is 1. The monoisotopic (exact) mass is 248 g/mol. The predicted molar refractivity (Wildman–Crippen MR) is 73.8 cm³/mol. The largest absolute Gasteiger partial charge is 0.314 e. The molecule has 0 aliphatic carbocycles. The molecule has 1 aromatic rings. The van der Waals surface area contributed by atoms with Crippen LogP contribution < -0.4 is 5.32 Å².